The van der Waals surface area contributed by atoms with Crippen LogP contribution in [-0.2, 0) is 6.54 Å². The highest BCUT2D eigenvalue weighted by Crippen LogP contribution is 2.20. The standard InChI is InChI=1S/C13H20ClN3/c1-13(2)10-17(7-6-16(13)3)9-12-8-11(14)4-5-15-12/h4-5,8H,6-7,9-10H2,1-3H3. The van der Waals surface area contributed by atoms with Crippen LogP contribution in [0, 0.1) is 0 Å². The first-order chi connectivity index (χ1) is 7.97. The number of piperazine rings is 1. The molecule has 0 amide bonds. The zero-order valence-corrected chi connectivity index (χ0v) is 11.5. The second-order valence-electron chi connectivity index (χ2n) is 5.41. The zero-order valence-electron chi connectivity index (χ0n) is 10.8. The number of likely N-dealkylation sites (N-methyl/N-ethyl adjacent to an activating group) is 1. The number of hydrogen-bond acceptors (Lipinski definition) is 3. The molecule has 94 valence electrons. The van der Waals surface area contributed by atoms with Crippen LogP contribution in [-0.4, -0.2) is 47.0 Å². The van der Waals surface area contributed by atoms with Gasteiger partial charge >= 0.3 is 0 Å². The summed E-state index contributed by atoms with van der Waals surface area (Å²) in [6.07, 6.45) is 1.78. The number of halogens is 1. The first kappa shape index (κ1) is 12.8. The van der Waals surface area contributed by atoms with Gasteiger partial charge in [0.1, 0.15) is 0 Å². The van der Waals surface area contributed by atoms with E-state index in [0.717, 1.165) is 36.9 Å². The minimum atomic E-state index is 0.233. The second kappa shape index (κ2) is 4.92. The van der Waals surface area contributed by atoms with Gasteiger partial charge in [-0.1, -0.05) is 11.6 Å². The Balaban J connectivity index is 2.01. The Kier molecular flexibility index (Phi) is 3.71. The van der Waals surface area contributed by atoms with E-state index in [-0.39, 0.29) is 5.54 Å². The molecular formula is C13H20ClN3. The maximum Gasteiger partial charge on any atom is 0.0558 e. The highest BCUT2D eigenvalue weighted by Gasteiger charge is 2.30. The Morgan fingerprint density at radius 2 is 2.18 bits per heavy atom. The molecular weight excluding hydrogens is 234 g/mol. The third kappa shape index (κ3) is 3.18. The molecule has 1 saturated heterocycles. The highest BCUT2D eigenvalue weighted by atomic mass is 35.5. The molecule has 2 heterocycles. The maximum atomic E-state index is 5.97. The predicted molar refractivity (Wildman–Crippen MR) is 71.2 cm³/mol. The van der Waals surface area contributed by atoms with Crippen LogP contribution < -0.4 is 0 Å². The largest absolute Gasteiger partial charge is 0.299 e. The summed E-state index contributed by atoms with van der Waals surface area (Å²) in [7, 11) is 2.19. The molecule has 3 nitrogen and oxygen atoms in total. The van der Waals surface area contributed by atoms with Gasteiger partial charge in [-0.2, -0.15) is 0 Å². The van der Waals surface area contributed by atoms with Crippen molar-refractivity contribution >= 4 is 11.6 Å². The summed E-state index contributed by atoms with van der Waals surface area (Å²) in [6, 6.07) is 3.77. The molecule has 0 atom stereocenters. The fourth-order valence-electron chi connectivity index (χ4n) is 2.24. The molecule has 0 aliphatic carbocycles. The van der Waals surface area contributed by atoms with Crippen LogP contribution in [0.4, 0.5) is 0 Å². The molecule has 1 aliphatic rings. The van der Waals surface area contributed by atoms with Crippen LogP contribution in [0.2, 0.25) is 5.02 Å². The van der Waals surface area contributed by atoms with Crippen LogP contribution in [0.15, 0.2) is 18.3 Å². The average molecular weight is 254 g/mol. The number of rotatable bonds is 2. The van der Waals surface area contributed by atoms with Crippen molar-refractivity contribution in [2.45, 2.75) is 25.9 Å². The molecule has 0 bridgehead atoms. The van der Waals surface area contributed by atoms with Crippen molar-refractivity contribution in [2.24, 2.45) is 0 Å². The third-order valence-electron chi connectivity index (χ3n) is 3.56. The Morgan fingerprint density at radius 1 is 1.41 bits per heavy atom. The number of aromatic nitrogens is 1. The molecule has 0 N–H and O–H groups in total. The minimum Gasteiger partial charge on any atom is -0.299 e. The molecule has 0 spiro atoms. The minimum absolute atomic E-state index is 0.233. The second-order valence-corrected chi connectivity index (χ2v) is 5.85. The van der Waals surface area contributed by atoms with Crippen molar-refractivity contribution in [3.05, 3.63) is 29.0 Å². The molecule has 1 fully saturated rings. The van der Waals surface area contributed by atoms with Gasteiger partial charge in [0.05, 0.1) is 5.69 Å². The molecule has 2 rings (SSSR count). The van der Waals surface area contributed by atoms with Crippen molar-refractivity contribution in [3.63, 3.8) is 0 Å². The van der Waals surface area contributed by atoms with Gasteiger partial charge in [-0.15, -0.1) is 0 Å². The van der Waals surface area contributed by atoms with Gasteiger partial charge in [0.25, 0.3) is 0 Å². The summed E-state index contributed by atoms with van der Waals surface area (Å²) in [4.78, 5) is 9.22. The van der Waals surface area contributed by atoms with Crippen LogP contribution in [0.25, 0.3) is 0 Å². The van der Waals surface area contributed by atoms with E-state index in [4.69, 9.17) is 11.6 Å². The number of nitrogens with zero attached hydrogens (tertiary/aromatic N) is 3. The average Bonchev–Trinajstić information content (AvgIpc) is 2.23. The van der Waals surface area contributed by atoms with Crippen LogP contribution in [0.1, 0.15) is 19.5 Å². The number of hydrogen-bond donors (Lipinski definition) is 0. The topological polar surface area (TPSA) is 19.4 Å². The molecule has 4 heteroatoms. The Morgan fingerprint density at radius 3 is 2.82 bits per heavy atom. The maximum absolute atomic E-state index is 5.97. The molecule has 0 aromatic carbocycles. The normalized spacial score (nSPS) is 21.6. The van der Waals surface area contributed by atoms with Gasteiger partial charge in [0.15, 0.2) is 0 Å². The first-order valence-corrected chi connectivity index (χ1v) is 6.39. The fraction of sp³-hybridized carbons (Fsp3) is 0.615. The van der Waals surface area contributed by atoms with E-state index in [9.17, 15) is 0 Å². The van der Waals surface area contributed by atoms with Gasteiger partial charge in [-0.05, 0) is 33.0 Å². The first-order valence-electron chi connectivity index (χ1n) is 6.01. The van der Waals surface area contributed by atoms with Crippen molar-refractivity contribution in [1.82, 2.24) is 14.8 Å². The third-order valence-corrected chi connectivity index (χ3v) is 3.79. The van der Waals surface area contributed by atoms with E-state index in [0.29, 0.717) is 0 Å². The summed E-state index contributed by atoms with van der Waals surface area (Å²) >= 11 is 5.97. The van der Waals surface area contributed by atoms with Gasteiger partial charge in [0.2, 0.25) is 0 Å². The molecule has 0 unspecified atom stereocenters. The quantitative estimate of drug-likeness (QED) is 0.806. The van der Waals surface area contributed by atoms with Gasteiger partial charge in [0, 0.05) is 42.9 Å². The van der Waals surface area contributed by atoms with E-state index < -0.39 is 0 Å². The molecule has 1 aromatic rings. The Labute approximate surface area is 108 Å². The van der Waals surface area contributed by atoms with E-state index in [1.165, 1.54) is 0 Å². The lowest BCUT2D eigenvalue weighted by atomic mass is 9.99. The smallest absolute Gasteiger partial charge is 0.0558 e. The summed E-state index contributed by atoms with van der Waals surface area (Å²) in [5.41, 5.74) is 1.29. The molecule has 0 radical (unpaired) electrons. The molecule has 1 aliphatic heterocycles. The monoisotopic (exact) mass is 253 g/mol. The van der Waals surface area contributed by atoms with Gasteiger partial charge in [-0.3, -0.25) is 14.8 Å². The summed E-state index contributed by atoms with van der Waals surface area (Å²) in [6.45, 7) is 8.71. The lowest BCUT2D eigenvalue weighted by Crippen LogP contribution is -2.57. The van der Waals surface area contributed by atoms with Crippen molar-refractivity contribution in [2.75, 3.05) is 26.7 Å². The lowest BCUT2D eigenvalue weighted by Gasteiger charge is -2.45. The predicted octanol–water partition coefficient (Wildman–Crippen LogP) is 2.26. The summed E-state index contributed by atoms with van der Waals surface area (Å²) < 4.78 is 0. The highest BCUT2D eigenvalue weighted by molar-refractivity contribution is 6.30. The van der Waals surface area contributed by atoms with E-state index in [1.54, 1.807) is 6.20 Å². The molecule has 0 saturated carbocycles. The molecule has 17 heavy (non-hydrogen) atoms. The lowest BCUT2D eigenvalue weighted by molar-refractivity contribution is 0.0354. The van der Waals surface area contributed by atoms with E-state index in [2.05, 4.69) is 35.7 Å². The molecule has 1 aromatic heterocycles. The van der Waals surface area contributed by atoms with Gasteiger partial charge in [-0.25, -0.2) is 0 Å². The summed E-state index contributed by atoms with van der Waals surface area (Å²) in [5.74, 6) is 0. The van der Waals surface area contributed by atoms with Gasteiger partial charge < -0.3 is 0 Å². The van der Waals surface area contributed by atoms with E-state index in [1.807, 2.05) is 12.1 Å². The van der Waals surface area contributed by atoms with Crippen molar-refractivity contribution < 1.29 is 0 Å². The van der Waals surface area contributed by atoms with Crippen molar-refractivity contribution in [3.8, 4) is 0 Å². The van der Waals surface area contributed by atoms with Crippen LogP contribution in [0.3, 0.4) is 0 Å². The Hall–Kier alpha value is -0.640. The van der Waals surface area contributed by atoms with Crippen LogP contribution >= 0.6 is 11.6 Å². The zero-order chi connectivity index (χ0) is 12.5. The Bertz CT molecular complexity index is 392. The SMILES string of the molecule is CN1CCN(Cc2cc(Cl)ccn2)CC1(C)C. The summed E-state index contributed by atoms with van der Waals surface area (Å²) in [5, 5.41) is 0.767. The number of pyridine rings is 1. The van der Waals surface area contributed by atoms with Crippen LogP contribution in [0.5, 0.6) is 0 Å². The van der Waals surface area contributed by atoms with E-state index >= 15 is 0 Å². The fourth-order valence-corrected chi connectivity index (χ4v) is 2.42. The van der Waals surface area contributed by atoms with Crippen molar-refractivity contribution in [1.29, 1.82) is 0 Å².